The number of anilines is 6. The number of nitrogens with zero attached hydrogens (tertiary/aromatic N) is 2. The van der Waals surface area contributed by atoms with E-state index in [1.54, 1.807) is 12.1 Å². The van der Waals surface area contributed by atoms with Crippen molar-refractivity contribution >= 4 is 93.0 Å². The lowest BCUT2D eigenvalue weighted by Crippen LogP contribution is -2.37. The van der Waals surface area contributed by atoms with Gasteiger partial charge in [0, 0.05) is 45.4 Å². The molecule has 0 aromatic heterocycles. The van der Waals surface area contributed by atoms with Crippen molar-refractivity contribution < 1.29 is 17.6 Å². The molecule has 0 spiro atoms. The molecule has 0 amide bonds. The highest BCUT2D eigenvalue weighted by Crippen LogP contribution is 2.50. The quantitative estimate of drug-likeness (QED) is 0.0765. The van der Waals surface area contributed by atoms with Gasteiger partial charge in [0.05, 0.1) is 38.9 Å². The van der Waals surface area contributed by atoms with Crippen LogP contribution in [0.2, 0.25) is 39.3 Å². The molecule has 0 aliphatic heterocycles. The van der Waals surface area contributed by atoms with Gasteiger partial charge in [-0.25, -0.2) is 17.6 Å². The Morgan fingerprint density at radius 1 is 0.338 bits per heavy atom. The first kappa shape index (κ1) is 50.5. The molecule has 0 aliphatic carbocycles. The van der Waals surface area contributed by atoms with Crippen molar-refractivity contribution in [2.45, 2.75) is 91.7 Å². The average Bonchev–Trinajstić information content (AvgIpc) is 3.34. The maximum absolute atomic E-state index is 17.1. The summed E-state index contributed by atoms with van der Waals surface area (Å²) in [6.45, 7) is 26.4. The molecule has 0 saturated carbocycles. The summed E-state index contributed by atoms with van der Waals surface area (Å²) in [6.07, 6.45) is 0. The number of hydrogen-bond donors (Lipinski definition) is 0. The molecule has 0 fully saturated rings. The highest BCUT2D eigenvalue weighted by Gasteiger charge is 2.30. The van der Waals surface area contributed by atoms with Crippen molar-refractivity contribution in [2.75, 3.05) is 9.80 Å². The largest absolute Gasteiger partial charge is 0.307 e. The van der Waals surface area contributed by atoms with Gasteiger partial charge in [0.15, 0.2) is 0 Å². The second kappa shape index (κ2) is 18.4. The van der Waals surface area contributed by atoms with E-state index in [4.69, 9.17) is 0 Å². The van der Waals surface area contributed by atoms with Crippen LogP contribution in [0.25, 0.3) is 54.6 Å². The van der Waals surface area contributed by atoms with E-state index in [2.05, 4.69) is 141 Å². The van der Waals surface area contributed by atoms with Gasteiger partial charge in [-0.1, -0.05) is 200 Å². The van der Waals surface area contributed by atoms with E-state index in [9.17, 15) is 0 Å². The second-order valence-corrected chi connectivity index (χ2v) is 34.2. The molecule has 0 unspecified atom stereocenters. The third-order valence-electron chi connectivity index (χ3n) is 14.7. The van der Waals surface area contributed by atoms with E-state index in [-0.39, 0.29) is 22.2 Å². The minimum Gasteiger partial charge on any atom is -0.307 e. The van der Waals surface area contributed by atoms with Crippen LogP contribution in [0, 0.1) is 23.3 Å². The van der Waals surface area contributed by atoms with Crippen molar-refractivity contribution in [3.63, 3.8) is 0 Å². The van der Waals surface area contributed by atoms with Gasteiger partial charge >= 0.3 is 0 Å². The average molecular weight is 1020 g/mol. The summed E-state index contributed by atoms with van der Waals surface area (Å²) < 4.78 is 66.9. The van der Waals surface area contributed by atoms with Crippen LogP contribution in [0.1, 0.15) is 52.7 Å². The molecule has 0 radical (unpaired) electrons. The lowest BCUT2D eigenvalue weighted by molar-refractivity contribution is 0.580. The Morgan fingerprint density at radius 2 is 0.676 bits per heavy atom. The maximum Gasteiger partial charge on any atom is 0.150 e. The van der Waals surface area contributed by atoms with E-state index < -0.39 is 39.4 Å². The van der Waals surface area contributed by atoms with Crippen LogP contribution in [-0.4, -0.2) is 16.1 Å². The normalized spacial score (nSPS) is 12.6. The van der Waals surface area contributed by atoms with Gasteiger partial charge in [-0.2, -0.15) is 0 Å². The smallest absolute Gasteiger partial charge is 0.150 e. The fraction of sp³-hybridized carbons (Fsp3) is 0.212. The van der Waals surface area contributed by atoms with Crippen LogP contribution < -0.4 is 20.2 Å². The molecule has 8 heteroatoms. The molecule has 10 aromatic carbocycles. The molecular weight excluding hydrogens is 953 g/mol. The van der Waals surface area contributed by atoms with Gasteiger partial charge < -0.3 is 9.80 Å². The van der Waals surface area contributed by atoms with Crippen LogP contribution in [-0.2, 0) is 10.8 Å². The zero-order chi connectivity index (χ0) is 52.8. The highest BCUT2D eigenvalue weighted by molar-refractivity contribution is 6.89. The number of rotatable bonds is 10. The lowest BCUT2D eigenvalue weighted by atomic mass is 9.81. The predicted octanol–water partition coefficient (Wildman–Crippen LogP) is 19.1. The second-order valence-electron chi connectivity index (χ2n) is 24.0. The maximum atomic E-state index is 17.1. The monoisotopic (exact) mass is 1020 g/mol. The standard InChI is InChI=1S/C66H64F4N2Si2/c1-65(2,3)53-19-15-13-17-47(53)51-37-61(57(69)39-55(51)67)71(43-25-29-45(30-26-43)73(7,8)9)59-35-23-41-22-34-50-60(36-24-42-21-33-49(59)63(41)64(42)50)72(44-27-31-46(32-28-44)74(10,11)12)62-38-52(56(68)40-58(62)70)48-18-14-16-20-54(48)66(4,5)6/h13-40H,1-12H3. The Labute approximate surface area is 436 Å². The van der Waals surface area contributed by atoms with Gasteiger partial charge in [0.1, 0.15) is 23.3 Å². The topological polar surface area (TPSA) is 6.48 Å². The molecule has 10 rings (SSSR count). The molecule has 10 aromatic rings. The summed E-state index contributed by atoms with van der Waals surface area (Å²) in [7, 11) is -3.47. The minimum absolute atomic E-state index is 0.213. The summed E-state index contributed by atoms with van der Waals surface area (Å²) in [6, 6.07) is 54.2. The first-order chi connectivity index (χ1) is 34.9. The molecule has 0 atom stereocenters. The summed E-state index contributed by atoms with van der Waals surface area (Å²) in [5, 5.41) is 8.03. The summed E-state index contributed by atoms with van der Waals surface area (Å²) in [5.74, 6) is -2.66. The molecule has 2 nitrogen and oxygen atoms in total. The van der Waals surface area contributed by atoms with Crippen molar-refractivity contribution in [3.05, 3.63) is 204 Å². The van der Waals surface area contributed by atoms with E-state index >= 15 is 17.6 Å². The SMILES string of the molecule is CC(C)(C)c1ccccc1-c1cc(N(c2ccc([Si](C)(C)C)cc2)c2ccc3ccc4c(N(c5ccc([Si](C)(C)C)cc5)c5cc(-c6ccccc6C(C)(C)C)c(F)cc5F)ccc5ccc2c3c54)c(F)cc1F. The number of hydrogen-bond acceptors (Lipinski definition) is 2. The Morgan fingerprint density at radius 3 is 1.01 bits per heavy atom. The number of benzene rings is 10. The first-order valence-electron chi connectivity index (χ1n) is 25.6. The predicted molar refractivity (Wildman–Crippen MR) is 314 cm³/mol. The fourth-order valence-corrected chi connectivity index (χ4v) is 13.1. The van der Waals surface area contributed by atoms with Crippen molar-refractivity contribution in [1.82, 2.24) is 0 Å². The first-order valence-corrected chi connectivity index (χ1v) is 32.6. The van der Waals surface area contributed by atoms with Crippen molar-refractivity contribution in [3.8, 4) is 22.3 Å². The van der Waals surface area contributed by atoms with Gasteiger partial charge in [0.2, 0.25) is 0 Å². The Kier molecular flexibility index (Phi) is 12.6. The van der Waals surface area contributed by atoms with E-state index in [0.717, 1.165) is 67.0 Å². The Balaban J connectivity index is 1.24. The molecule has 74 heavy (non-hydrogen) atoms. The minimum atomic E-state index is -1.73. The molecule has 0 saturated heterocycles. The lowest BCUT2D eigenvalue weighted by Gasteiger charge is -2.31. The molecular formula is C66H64F4N2Si2. The van der Waals surface area contributed by atoms with E-state index in [1.165, 1.54) is 10.4 Å². The van der Waals surface area contributed by atoms with Crippen molar-refractivity contribution in [2.24, 2.45) is 0 Å². The van der Waals surface area contributed by atoms with Crippen LogP contribution in [0.15, 0.2) is 170 Å². The Bertz CT molecular complexity index is 3510. The third kappa shape index (κ3) is 9.10. The molecule has 0 N–H and O–H groups in total. The summed E-state index contributed by atoms with van der Waals surface area (Å²) >= 11 is 0. The van der Waals surface area contributed by atoms with Gasteiger partial charge in [-0.3, -0.25) is 0 Å². The van der Waals surface area contributed by atoms with Crippen LogP contribution >= 0.6 is 0 Å². The zero-order valence-corrected chi connectivity index (χ0v) is 46.6. The molecule has 0 bridgehead atoms. The van der Waals surface area contributed by atoms with Gasteiger partial charge in [-0.05, 0) is 103 Å². The van der Waals surface area contributed by atoms with Crippen LogP contribution in [0.3, 0.4) is 0 Å². The Hall–Kier alpha value is -7.01. The van der Waals surface area contributed by atoms with Gasteiger partial charge in [-0.15, -0.1) is 0 Å². The fourth-order valence-electron chi connectivity index (χ4n) is 10.8. The number of halogens is 4. The van der Waals surface area contributed by atoms with E-state index in [1.807, 2.05) is 94.7 Å². The van der Waals surface area contributed by atoms with Crippen molar-refractivity contribution in [1.29, 1.82) is 0 Å². The van der Waals surface area contributed by atoms with Crippen LogP contribution in [0.4, 0.5) is 51.7 Å². The van der Waals surface area contributed by atoms with Crippen LogP contribution in [0.5, 0.6) is 0 Å². The zero-order valence-electron chi connectivity index (χ0n) is 44.6. The molecule has 0 heterocycles. The molecule has 0 aliphatic rings. The van der Waals surface area contributed by atoms with Gasteiger partial charge in [0.25, 0.3) is 0 Å². The summed E-state index contributed by atoms with van der Waals surface area (Å²) in [5.41, 5.74) is 6.62. The highest BCUT2D eigenvalue weighted by atomic mass is 28.3. The summed E-state index contributed by atoms with van der Waals surface area (Å²) in [4.78, 5) is 3.85. The van der Waals surface area contributed by atoms with E-state index in [0.29, 0.717) is 33.6 Å². The third-order valence-corrected chi connectivity index (χ3v) is 18.8. The molecule has 374 valence electrons.